The molecule has 0 spiro atoms. The molecule has 136 valence electrons. The first kappa shape index (κ1) is 17.6. The van der Waals surface area contributed by atoms with E-state index in [1.807, 2.05) is 30.3 Å². The summed E-state index contributed by atoms with van der Waals surface area (Å²) in [6.07, 6.45) is 3.48. The predicted molar refractivity (Wildman–Crippen MR) is 98.1 cm³/mol. The molecule has 1 aromatic carbocycles. The van der Waals surface area contributed by atoms with Crippen LogP contribution in [0.5, 0.6) is 5.75 Å². The highest BCUT2D eigenvalue weighted by molar-refractivity contribution is 5.73. The molecule has 0 unspecified atom stereocenters. The maximum atomic E-state index is 11.4. The van der Waals surface area contributed by atoms with Crippen LogP contribution in [-0.4, -0.2) is 48.3 Å². The van der Waals surface area contributed by atoms with Crippen molar-refractivity contribution in [2.24, 2.45) is 0 Å². The number of morpholine rings is 1. The fourth-order valence-electron chi connectivity index (χ4n) is 2.61. The summed E-state index contributed by atoms with van der Waals surface area (Å²) < 4.78 is 10.4. The summed E-state index contributed by atoms with van der Waals surface area (Å²) in [7, 11) is 1.60. The average Bonchev–Trinajstić information content (AvgIpc) is 2.66. The monoisotopic (exact) mass is 357 g/mol. The molecule has 2 N–H and O–H groups in total. The van der Waals surface area contributed by atoms with Crippen molar-refractivity contribution in [2.75, 3.05) is 44.0 Å². The number of nitrogens with zero attached hydrogens (tertiary/aromatic N) is 4. The van der Waals surface area contributed by atoms with Gasteiger partial charge in [-0.2, -0.15) is 0 Å². The van der Waals surface area contributed by atoms with Gasteiger partial charge < -0.3 is 20.1 Å². The van der Waals surface area contributed by atoms with Gasteiger partial charge in [0.05, 0.1) is 25.2 Å². The topological polar surface area (TPSA) is 117 Å². The van der Waals surface area contributed by atoms with Gasteiger partial charge in [-0.15, -0.1) is 0 Å². The minimum atomic E-state index is -0.545. The van der Waals surface area contributed by atoms with Crippen molar-refractivity contribution in [2.45, 2.75) is 0 Å². The van der Waals surface area contributed by atoms with E-state index >= 15 is 0 Å². The number of hydrogen-bond donors (Lipinski definition) is 1. The number of nitrogen functional groups attached to an aromatic ring is 1. The molecule has 0 atom stereocenters. The standard InChI is InChI=1S/C17H19N5O4/c1-25-13-5-2-12(3-6-13)4-7-14-19-16(18)15(22(23)24)17(20-14)21-8-10-26-11-9-21/h2-7H,8-11H2,1H3,(H2,18,19,20)/b7-4+. The van der Waals surface area contributed by atoms with Gasteiger partial charge in [-0.3, -0.25) is 10.1 Å². The second kappa shape index (κ2) is 7.79. The zero-order chi connectivity index (χ0) is 18.5. The Morgan fingerprint density at radius 1 is 1.23 bits per heavy atom. The lowest BCUT2D eigenvalue weighted by Crippen LogP contribution is -2.37. The van der Waals surface area contributed by atoms with Gasteiger partial charge in [0.1, 0.15) is 5.75 Å². The van der Waals surface area contributed by atoms with Crippen LogP contribution >= 0.6 is 0 Å². The molecule has 26 heavy (non-hydrogen) atoms. The molecule has 0 saturated carbocycles. The van der Waals surface area contributed by atoms with E-state index < -0.39 is 4.92 Å². The molecular weight excluding hydrogens is 338 g/mol. The molecule has 3 rings (SSSR count). The first-order valence-corrected chi connectivity index (χ1v) is 8.05. The Morgan fingerprint density at radius 2 is 1.92 bits per heavy atom. The number of nitrogens with two attached hydrogens (primary N) is 1. The second-order valence-corrected chi connectivity index (χ2v) is 5.60. The van der Waals surface area contributed by atoms with Gasteiger partial charge in [0.2, 0.25) is 11.6 Å². The van der Waals surface area contributed by atoms with E-state index in [2.05, 4.69) is 9.97 Å². The molecule has 0 amide bonds. The third kappa shape index (κ3) is 3.89. The number of nitro groups is 1. The molecule has 9 nitrogen and oxygen atoms in total. The Bertz CT molecular complexity index is 817. The molecule has 2 heterocycles. The summed E-state index contributed by atoms with van der Waals surface area (Å²) in [6.45, 7) is 1.99. The van der Waals surface area contributed by atoms with Crippen molar-refractivity contribution in [1.29, 1.82) is 0 Å². The number of benzene rings is 1. The van der Waals surface area contributed by atoms with E-state index in [9.17, 15) is 10.1 Å². The quantitative estimate of drug-likeness (QED) is 0.638. The van der Waals surface area contributed by atoms with Crippen LogP contribution in [0.25, 0.3) is 12.2 Å². The molecule has 1 aromatic heterocycles. The molecule has 1 fully saturated rings. The van der Waals surface area contributed by atoms with Crippen molar-refractivity contribution in [3.63, 3.8) is 0 Å². The highest BCUT2D eigenvalue weighted by Gasteiger charge is 2.27. The zero-order valence-electron chi connectivity index (χ0n) is 14.3. The van der Waals surface area contributed by atoms with E-state index in [1.54, 1.807) is 18.1 Å². The normalized spacial score (nSPS) is 14.6. The summed E-state index contributed by atoms with van der Waals surface area (Å²) in [6, 6.07) is 7.44. The lowest BCUT2D eigenvalue weighted by molar-refractivity contribution is -0.383. The molecule has 1 aliphatic heterocycles. The van der Waals surface area contributed by atoms with Gasteiger partial charge in [-0.25, -0.2) is 9.97 Å². The maximum Gasteiger partial charge on any atom is 0.353 e. The summed E-state index contributed by atoms with van der Waals surface area (Å²) in [4.78, 5) is 21.1. The summed E-state index contributed by atoms with van der Waals surface area (Å²) in [5.74, 6) is 1.14. The number of anilines is 2. The number of methoxy groups -OCH3 is 1. The van der Waals surface area contributed by atoms with Gasteiger partial charge in [0.25, 0.3) is 0 Å². The van der Waals surface area contributed by atoms with Gasteiger partial charge in [0.15, 0.2) is 5.82 Å². The van der Waals surface area contributed by atoms with Crippen LogP contribution < -0.4 is 15.4 Å². The van der Waals surface area contributed by atoms with Gasteiger partial charge >= 0.3 is 5.69 Å². The Hall–Kier alpha value is -3.20. The number of hydrogen-bond acceptors (Lipinski definition) is 8. The van der Waals surface area contributed by atoms with Crippen LogP contribution in [0.15, 0.2) is 24.3 Å². The molecule has 0 radical (unpaired) electrons. The van der Waals surface area contributed by atoms with E-state index in [4.69, 9.17) is 15.2 Å². The molecular formula is C17H19N5O4. The van der Waals surface area contributed by atoms with Crippen molar-refractivity contribution in [3.8, 4) is 5.75 Å². The smallest absolute Gasteiger partial charge is 0.353 e. The van der Waals surface area contributed by atoms with Gasteiger partial charge in [-0.05, 0) is 23.8 Å². The fourth-order valence-corrected chi connectivity index (χ4v) is 2.61. The minimum Gasteiger partial charge on any atom is -0.497 e. The fraction of sp³-hybridized carbons (Fsp3) is 0.294. The Morgan fingerprint density at radius 3 is 2.54 bits per heavy atom. The average molecular weight is 357 g/mol. The number of rotatable bonds is 5. The van der Waals surface area contributed by atoms with E-state index in [-0.39, 0.29) is 17.3 Å². The maximum absolute atomic E-state index is 11.4. The van der Waals surface area contributed by atoms with Crippen molar-refractivity contribution in [1.82, 2.24) is 9.97 Å². The van der Waals surface area contributed by atoms with E-state index in [1.165, 1.54) is 0 Å². The van der Waals surface area contributed by atoms with Crippen molar-refractivity contribution in [3.05, 3.63) is 45.8 Å². The summed E-state index contributed by atoms with van der Waals surface area (Å²) in [5.41, 5.74) is 6.48. The third-order valence-corrected chi connectivity index (χ3v) is 3.94. The first-order valence-electron chi connectivity index (χ1n) is 8.05. The Kier molecular flexibility index (Phi) is 5.28. The lowest BCUT2D eigenvalue weighted by atomic mass is 10.2. The highest BCUT2D eigenvalue weighted by Crippen LogP contribution is 2.31. The molecule has 1 saturated heterocycles. The summed E-state index contributed by atoms with van der Waals surface area (Å²) in [5, 5.41) is 11.4. The molecule has 1 aliphatic rings. The highest BCUT2D eigenvalue weighted by atomic mass is 16.6. The predicted octanol–water partition coefficient (Wildman–Crippen LogP) is 1.98. The van der Waals surface area contributed by atoms with Gasteiger partial charge in [-0.1, -0.05) is 18.2 Å². The molecule has 0 bridgehead atoms. The SMILES string of the molecule is COc1ccc(/C=C/c2nc(N)c([N+](=O)[O-])c(N3CCOCC3)n2)cc1. The van der Waals surface area contributed by atoms with Gasteiger partial charge in [0, 0.05) is 13.1 Å². The molecule has 0 aliphatic carbocycles. The Labute approximate surface area is 150 Å². The van der Waals surface area contributed by atoms with Crippen molar-refractivity contribution >= 4 is 29.5 Å². The number of ether oxygens (including phenoxy) is 2. The molecule has 2 aromatic rings. The third-order valence-electron chi connectivity index (χ3n) is 3.94. The minimum absolute atomic E-state index is 0.152. The lowest BCUT2D eigenvalue weighted by Gasteiger charge is -2.27. The van der Waals surface area contributed by atoms with Crippen LogP contribution in [-0.2, 0) is 4.74 Å². The van der Waals surface area contributed by atoms with Crippen LogP contribution in [0, 0.1) is 10.1 Å². The van der Waals surface area contributed by atoms with E-state index in [0.29, 0.717) is 32.1 Å². The van der Waals surface area contributed by atoms with Crippen molar-refractivity contribution < 1.29 is 14.4 Å². The summed E-state index contributed by atoms with van der Waals surface area (Å²) >= 11 is 0. The van der Waals surface area contributed by atoms with Crippen LogP contribution in [0.1, 0.15) is 11.4 Å². The zero-order valence-corrected chi connectivity index (χ0v) is 14.3. The molecule has 9 heteroatoms. The second-order valence-electron chi connectivity index (χ2n) is 5.60. The first-order chi connectivity index (χ1) is 12.6. The Balaban J connectivity index is 1.92. The number of aromatic nitrogens is 2. The largest absolute Gasteiger partial charge is 0.497 e. The van der Waals surface area contributed by atoms with Crippen LogP contribution in [0.4, 0.5) is 17.3 Å². The van der Waals surface area contributed by atoms with Crippen LogP contribution in [0.2, 0.25) is 0 Å². The van der Waals surface area contributed by atoms with Crippen LogP contribution in [0.3, 0.4) is 0 Å². The van der Waals surface area contributed by atoms with E-state index in [0.717, 1.165) is 11.3 Å².